The molecule has 25 heavy (non-hydrogen) atoms. The summed E-state index contributed by atoms with van der Waals surface area (Å²) in [7, 11) is 8.82. The summed E-state index contributed by atoms with van der Waals surface area (Å²) in [5.74, 6) is 3.07. The highest BCUT2D eigenvalue weighted by Gasteiger charge is 2.10. The van der Waals surface area contributed by atoms with Gasteiger partial charge in [-0.05, 0) is 35.9 Å². The molecule has 0 saturated heterocycles. The Morgan fingerprint density at radius 1 is 0.680 bits per heavy atom. The molecule has 1 N–H and O–H groups in total. The monoisotopic (exact) mass is 346 g/mol. The molecular weight excluding hydrogens is 318 g/mol. The van der Waals surface area contributed by atoms with Gasteiger partial charge in [0.2, 0.25) is 0 Å². The van der Waals surface area contributed by atoms with Gasteiger partial charge in [0.25, 0.3) is 0 Å². The molecule has 0 heterocycles. The van der Waals surface area contributed by atoms with Crippen molar-refractivity contribution in [3.8, 4) is 23.0 Å². The summed E-state index contributed by atoms with van der Waals surface area (Å²) >= 11 is 0. The first-order valence-electron chi connectivity index (χ1n) is 8.34. The number of benzene rings is 2. The molecule has 5 nitrogen and oxygen atoms in total. The highest BCUT2D eigenvalue weighted by Crippen LogP contribution is 2.28. The quantitative estimate of drug-likeness (QED) is 0.754. The zero-order chi connectivity index (χ0) is 18.2. The number of hydrogen-bond acceptors (Lipinski definition) is 4. The summed E-state index contributed by atoms with van der Waals surface area (Å²) in [6.07, 6.45) is 0.972. The van der Waals surface area contributed by atoms with Crippen molar-refractivity contribution in [2.24, 2.45) is 0 Å². The van der Waals surface area contributed by atoms with Crippen LogP contribution in [0.15, 0.2) is 36.4 Å². The molecule has 0 aliphatic heterocycles. The minimum Gasteiger partial charge on any atom is -0.493 e. The summed E-state index contributed by atoms with van der Waals surface area (Å²) in [5, 5.41) is 0. The average molecular weight is 346 g/mol. The highest BCUT2D eigenvalue weighted by molar-refractivity contribution is 5.43. The van der Waals surface area contributed by atoms with Crippen LogP contribution in [-0.2, 0) is 13.0 Å². The Hall–Kier alpha value is -2.40. The summed E-state index contributed by atoms with van der Waals surface area (Å²) in [4.78, 5) is 1.42. The Morgan fingerprint density at radius 3 is 1.68 bits per heavy atom. The third kappa shape index (κ3) is 5.03. The minimum absolute atomic E-state index is 0.759. The van der Waals surface area contributed by atoms with Gasteiger partial charge in [-0.25, -0.2) is 0 Å². The van der Waals surface area contributed by atoms with Crippen LogP contribution in [0, 0.1) is 0 Å². The fourth-order valence-corrected chi connectivity index (χ4v) is 2.82. The van der Waals surface area contributed by atoms with Crippen LogP contribution in [0.2, 0.25) is 0 Å². The van der Waals surface area contributed by atoms with Gasteiger partial charge in [-0.3, -0.25) is 0 Å². The Labute approximate surface area is 150 Å². The maximum Gasteiger partial charge on any atom is 0.161 e. The van der Waals surface area contributed by atoms with Crippen LogP contribution in [0.25, 0.3) is 0 Å². The second-order valence-electron chi connectivity index (χ2n) is 6.01. The first kappa shape index (κ1) is 18.9. The molecule has 0 bridgehead atoms. The number of ether oxygens (including phenoxy) is 4. The van der Waals surface area contributed by atoms with Crippen molar-refractivity contribution in [1.82, 2.24) is 0 Å². The number of methoxy groups -OCH3 is 4. The number of quaternary nitrogens is 1. The van der Waals surface area contributed by atoms with Crippen LogP contribution in [0.1, 0.15) is 11.1 Å². The van der Waals surface area contributed by atoms with Crippen molar-refractivity contribution in [3.63, 3.8) is 0 Å². The summed E-state index contributed by atoms with van der Waals surface area (Å²) in [5.41, 5.74) is 2.46. The van der Waals surface area contributed by atoms with Gasteiger partial charge in [0, 0.05) is 12.0 Å². The molecule has 0 radical (unpaired) electrons. The van der Waals surface area contributed by atoms with Crippen LogP contribution >= 0.6 is 0 Å². The van der Waals surface area contributed by atoms with E-state index < -0.39 is 0 Å². The van der Waals surface area contributed by atoms with Crippen LogP contribution in [0.3, 0.4) is 0 Å². The molecule has 0 aliphatic carbocycles. The zero-order valence-electron chi connectivity index (χ0n) is 15.7. The second-order valence-corrected chi connectivity index (χ2v) is 6.01. The van der Waals surface area contributed by atoms with Gasteiger partial charge in [-0.1, -0.05) is 6.07 Å². The van der Waals surface area contributed by atoms with Crippen LogP contribution in [0.5, 0.6) is 23.0 Å². The molecule has 5 heteroatoms. The number of rotatable bonds is 9. The van der Waals surface area contributed by atoms with E-state index >= 15 is 0 Å². The Kier molecular flexibility index (Phi) is 6.95. The fraction of sp³-hybridized carbons (Fsp3) is 0.400. The molecule has 0 amide bonds. The first-order chi connectivity index (χ1) is 12.1. The molecule has 1 atom stereocenters. The zero-order valence-corrected chi connectivity index (χ0v) is 15.7. The predicted molar refractivity (Wildman–Crippen MR) is 98.3 cm³/mol. The van der Waals surface area contributed by atoms with Crippen LogP contribution < -0.4 is 23.8 Å². The molecule has 0 aromatic heterocycles. The van der Waals surface area contributed by atoms with Crippen molar-refractivity contribution >= 4 is 0 Å². The summed E-state index contributed by atoms with van der Waals surface area (Å²) < 4.78 is 21.3. The average Bonchev–Trinajstić information content (AvgIpc) is 2.65. The Morgan fingerprint density at radius 2 is 1.16 bits per heavy atom. The predicted octanol–water partition coefficient (Wildman–Crippen LogP) is 1.98. The smallest absolute Gasteiger partial charge is 0.161 e. The van der Waals surface area contributed by atoms with Crippen molar-refractivity contribution in [3.05, 3.63) is 47.5 Å². The highest BCUT2D eigenvalue weighted by atomic mass is 16.5. The van der Waals surface area contributed by atoms with Crippen molar-refractivity contribution in [2.75, 3.05) is 42.0 Å². The summed E-state index contributed by atoms with van der Waals surface area (Å²) in [6, 6.07) is 12.2. The first-order valence-corrected chi connectivity index (χ1v) is 8.34. The fourth-order valence-electron chi connectivity index (χ4n) is 2.82. The maximum atomic E-state index is 5.38. The lowest BCUT2D eigenvalue weighted by atomic mass is 10.1. The van der Waals surface area contributed by atoms with Crippen molar-refractivity contribution in [1.29, 1.82) is 0 Å². The number of likely N-dealkylation sites (N-methyl/N-ethyl adjacent to an activating group) is 1. The van der Waals surface area contributed by atoms with Gasteiger partial charge < -0.3 is 23.8 Å². The lowest BCUT2D eigenvalue weighted by Gasteiger charge is -2.16. The molecule has 2 aromatic rings. The van der Waals surface area contributed by atoms with E-state index in [0.717, 1.165) is 42.5 Å². The standard InChI is InChI=1S/C20H27NO4/c1-21(14-16-7-9-18(23-3)20(13-16)25-5)11-10-15-6-8-17(22-2)19(12-15)24-4/h6-9,12-13H,10-11,14H2,1-5H3/p+1. The topological polar surface area (TPSA) is 41.4 Å². The largest absolute Gasteiger partial charge is 0.493 e. The van der Waals surface area contributed by atoms with E-state index in [1.807, 2.05) is 24.3 Å². The van der Waals surface area contributed by atoms with Crippen molar-refractivity contribution < 1.29 is 23.8 Å². The van der Waals surface area contributed by atoms with E-state index in [1.165, 1.54) is 16.0 Å². The van der Waals surface area contributed by atoms with E-state index in [0.29, 0.717) is 0 Å². The Balaban J connectivity index is 1.95. The molecule has 1 unspecified atom stereocenters. The van der Waals surface area contributed by atoms with Gasteiger partial charge >= 0.3 is 0 Å². The minimum atomic E-state index is 0.759. The van der Waals surface area contributed by atoms with Crippen LogP contribution in [0.4, 0.5) is 0 Å². The lowest BCUT2D eigenvalue weighted by Crippen LogP contribution is -3.07. The van der Waals surface area contributed by atoms with E-state index in [4.69, 9.17) is 18.9 Å². The molecular formula is C20H28NO4+. The van der Waals surface area contributed by atoms with Crippen molar-refractivity contribution in [2.45, 2.75) is 13.0 Å². The normalized spacial score (nSPS) is 11.7. The number of nitrogens with one attached hydrogen (secondary N) is 1. The molecule has 0 fully saturated rings. The van der Waals surface area contributed by atoms with Gasteiger partial charge in [-0.2, -0.15) is 0 Å². The van der Waals surface area contributed by atoms with E-state index in [-0.39, 0.29) is 0 Å². The molecule has 0 saturated carbocycles. The summed E-state index contributed by atoms with van der Waals surface area (Å²) in [6.45, 7) is 1.94. The third-order valence-corrected chi connectivity index (χ3v) is 4.24. The van der Waals surface area contributed by atoms with E-state index in [1.54, 1.807) is 28.4 Å². The second kappa shape index (κ2) is 9.18. The Bertz CT molecular complexity index is 687. The van der Waals surface area contributed by atoms with Gasteiger partial charge in [0.15, 0.2) is 23.0 Å². The SMILES string of the molecule is COc1ccc(CC[NH+](C)Cc2ccc(OC)c(OC)c2)cc1OC. The van der Waals surface area contributed by atoms with Gasteiger partial charge in [-0.15, -0.1) is 0 Å². The molecule has 2 aromatic carbocycles. The molecule has 0 aliphatic rings. The lowest BCUT2D eigenvalue weighted by molar-refractivity contribution is -0.893. The molecule has 0 spiro atoms. The molecule has 136 valence electrons. The van der Waals surface area contributed by atoms with Gasteiger partial charge in [0.1, 0.15) is 6.54 Å². The molecule has 2 rings (SSSR count). The van der Waals surface area contributed by atoms with E-state index in [9.17, 15) is 0 Å². The van der Waals surface area contributed by atoms with Crippen LogP contribution in [-0.4, -0.2) is 42.0 Å². The maximum absolute atomic E-state index is 5.38. The number of hydrogen-bond donors (Lipinski definition) is 1. The van der Waals surface area contributed by atoms with Gasteiger partial charge in [0.05, 0.1) is 42.0 Å². The van der Waals surface area contributed by atoms with E-state index in [2.05, 4.69) is 19.2 Å². The third-order valence-electron chi connectivity index (χ3n) is 4.24.